The Bertz CT molecular complexity index is 1530. The Morgan fingerprint density at radius 1 is 1.03 bits per heavy atom. The van der Waals surface area contributed by atoms with Crippen molar-refractivity contribution in [3.63, 3.8) is 0 Å². The van der Waals surface area contributed by atoms with E-state index in [-0.39, 0.29) is 12.2 Å². The molecular formula is C26H26N4O5S. The molecule has 4 aromatic rings. The van der Waals surface area contributed by atoms with Crippen LogP contribution in [0.3, 0.4) is 0 Å². The SMILES string of the molecule is Cc1ccc(C(=O)N/C(=C\c2cn(S(=O)(=O)N(C)C)c3ccccc23)C(=O)NCc2ccco2)cc1. The van der Waals surface area contributed by atoms with Crippen molar-refractivity contribution in [2.45, 2.75) is 13.5 Å². The third-order valence-corrected chi connectivity index (χ3v) is 7.25. The van der Waals surface area contributed by atoms with Gasteiger partial charge in [0.2, 0.25) is 0 Å². The average Bonchev–Trinajstić information content (AvgIpc) is 3.51. The number of hydrogen-bond donors (Lipinski definition) is 2. The molecule has 2 amide bonds. The monoisotopic (exact) mass is 506 g/mol. The Kier molecular flexibility index (Phi) is 7.09. The van der Waals surface area contributed by atoms with E-state index in [1.807, 2.05) is 6.92 Å². The minimum Gasteiger partial charge on any atom is -0.467 e. The summed E-state index contributed by atoms with van der Waals surface area (Å²) in [6.45, 7) is 2.02. The molecule has 36 heavy (non-hydrogen) atoms. The number of furan rings is 1. The van der Waals surface area contributed by atoms with Crippen molar-refractivity contribution in [3.05, 3.63) is 101 Å². The van der Waals surface area contributed by atoms with Gasteiger partial charge in [0.1, 0.15) is 11.5 Å². The molecule has 9 nitrogen and oxygen atoms in total. The number of nitrogens with one attached hydrogen (secondary N) is 2. The first-order valence-electron chi connectivity index (χ1n) is 11.1. The molecule has 0 saturated carbocycles. The molecule has 2 aromatic carbocycles. The van der Waals surface area contributed by atoms with Gasteiger partial charge in [-0.25, -0.2) is 3.97 Å². The third kappa shape index (κ3) is 5.24. The highest BCUT2D eigenvalue weighted by molar-refractivity contribution is 7.87. The Morgan fingerprint density at radius 3 is 2.42 bits per heavy atom. The zero-order valence-electron chi connectivity index (χ0n) is 20.1. The lowest BCUT2D eigenvalue weighted by molar-refractivity contribution is -0.118. The molecule has 0 unspecified atom stereocenters. The molecule has 0 aliphatic rings. The number of para-hydroxylation sites is 1. The first-order chi connectivity index (χ1) is 17.2. The minimum atomic E-state index is -3.83. The number of benzene rings is 2. The molecular weight excluding hydrogens is 480 g/mol. The Morgan fingerprint density at radius 2 is 1.75 bits per heavy atom. The van der Waals surface area contributed by atoms with E-state index in [0.29, 0.717) is 27.8 Å². The molecule has 0 aliphatic heterocycles. The second kappa shape index (κ2) is 10.2. The van der Waals surface area contributed by atoms with E-state index in [1.165, 1.54) is 32.6 Å². The van der Waals surface area contributed by atoms with Gasteiger partial charge in [-0.2, -0.15) is 12.7 Å². The number of carbonyl (C=O) groups is 2. The van der Waals surface area contributed by atoms with Gasteiger partial charge in [-0.3, -0.25) is 9.59 Å². The molecule has 0 spiro atoms. The number of aromatic nitrogens is 1. The third-order valence-electron chi connectivity index (χ3n) is 5.53. The Hall–Kier alpha value is -4.15. The summed E-state index contributed by atoms with van der Waals surface area (Å²) in [6, 6.07) is 17.3. The average molecular weight is 507 g/mol. The molecule has 0 radical (unpaired) electrons. The maximum atomic E-state index is 13.1. The van der Waals surface area contributed by atoms with Crippen LogP contribution in [0, 0.1) is 6.92 Å². The van der Waals surface area contributed by atoms with E-state index >= 15 is 0 Å². The predicted octanol–water partition coefficient (Wildman–Crippen LogP) is 3.28. The molecule has 10 heteroatoms. The van der Waals surface area contributed by atoms with Gasteiger partial charge in [0.05, 0.1) is 18.3 Å². The fourth-order valence-corrected chi connectivity index (χ4v) is 4.55. The lowest BCUT2D eigenvalue weighted by Gasteiger charge is -2.13. The van der Waals surface area contributed by atoms with Gasteiger partial charge in [-0.1, -0.05) is 35.9 Å². The molecule has 0 saturated heterocycles. The number of aryl methyl sites for hydroxylation is 1. The first kappa shape index (κ1) is 25.0. The highest BCUT2D eigenvalue weighted by atomic mass is 32.2. The molecule has 4 rings (SSSR count). The van der Waals surface area contributed by atoms with Crippen molar-refractivity contribution < 1.29 is 22.4 Å². The topological polar surface area (TPSA) is 114 Å². The summed E-state index contributed by atoms with van der Waals surface area (Å²) in [4.78, 5) is 26.1. The number of rotatable bonds is 8. The van der Waals surface area contributed by atoms with Crippen LogP contribution >= 0.6 is 0 Å². The summed E-state index contributed by atoms with van der Waals surface area (Å²) in [5.41, 5.74) is 2.22. The van der Waals surface area contributed by atoms with Crippen LogP contribution in [0.4, 0.5) is 0 Å². The smallest absolute Gasteiger partial charge is 0.307 e. The van der Waals surface area contributed by atoms with Crippen molar-refractivity contribution in [2.24, 2.45) is 0 Å². The number of hydrogen-bond acceptors (Lipinski definition) is 5. The zero-order chi connectivity index (χ0) is 25.9. The second-order valence-corrected chi connectivity index (χ2v) is 10.3. The van der Waals surface area contributed by atoms with Gasteiger partial charge < -0.3 is 15.1 Å². The van der Waals surface area contributed by atoms with Gasteiger partial charge in [-0.15, -0.1) is 0 Å². The van der Waals surface area contributed by atoms with Gasteiger partial charge in [0.25, 0.3) is 11.8 Å². The number of amides is 2. The van der Waals surface area contributed by atoms with Crippen molar-refractivity contribution in [3.8, 4) is 0 Å². The Labute approximate surface area is 209 Å². The molecule has 2 heterocycles. The molecule has 0 bridgehead atoms. The maximum Gasteiger partial charge on any atom is 0.307 e. The second-order valence-electron chi connectivity index (χ2n) is 8.33. The van der Waals surface area contributed by atoms with Crippen LogP contribution in [0.15, 0.2) is 83.2 Å². The van der Waals surface area contributed by atoms with E-state index in [1.54, 1.807) is 60.7 Å². The van der Waals surface area contributed by atoms with Crippen LogP contribution in [0.5, 0.6) is 0 Å². The predicted molar refractivity (Wildman–Crippen MR) is 137 cm³/mol. The Balaban J connectivity index is 1.76. The van der Waals surface area contributed by atoms with E-state index in [2.05, 4.69) is 10.6 Å². The lowest BCUT2D eigenvalue weighted by Crippen LogP contribution is -2.34. The van der Waals surface area contributed by atoms with Crippen molar-refractivity contribution in [2.75, 3.05) is 14.1 Å². The normalized spacial score (nSPS) is 12.2. The summed E-state index contributed by atoms with van der Waals surface area (Å²) >= 11 is 0. The standard InChI is InChI=1S/C26H26N4O5S/c1-18-10-12-19(13-11-18)25(31)28-23(26(32)27-16-21-7-6-14-35-21)15-20-17-30(36(33,34)29(2)3)24-9-5-4-8-22(20)24/h4-15,17H,16H2,1-3H3,(H,27,32)(H,28,31)/b23-15-. The highest BCUT2D eigenvalue weighted by Gasteiger charge is 2.22. The number of nitrogens with zero attached hydrogens (tertiary/aromatic N) is 2. The van der Waals surface area contributed by atoms with Crippen molar-refractivity contribution in [1.82, 2.24) is 18.9 Å². The van der Waals surface area contributed by atoms with Crippen LogP contribution in [-0.2, 0) is 21.5 Å². The van der Waals surface area contributed by atoms with Crippen LogP contribution in [0.2, 0.25) is 0 Å². The summed E-state index contributed by atoms with van der Waals surface area (Å²) in [5.74, 6) is -0.487. The summed E-state index contributed by atoms with van der Waals surface area (Å²) in [5, 5.41) is 6.00. The number of fused-ring (bicyclic) bond motifs is 1. The van der Waals surface area contributed by atoms with Gasteiger partial charge in [-0.05, 0) is 43.3 Å². The molecule has 0 fully saturated rings. The largest absolute Gasteiger partial charge is 0.467 e. The quantitative estimate of drug-likeness (QED) is 0.356. The van der Waals surface area contributed by atoms with Crippen LogP contribution in [0.25, 0.3) is 17.0 Å². The summed E-state index contributed by atoms with van der Waals surface area (Å²) < 4.78 is 33.3. The van der Waals surface area contributed by atoms with Gasteiger partial charge in [0.15, 0.2) is 0 Å². The summed E-state index contributed by atoms with van der Waals surface area (Å²) in [7, 11) is -0.949. The van der Waals surface area contributed by atoms with Gasteiger partial charge >= 0.3 is 10.2 Å². The van der Waals surface area contributed by atoms with E-state index < -0.39 is 22.0 Å². The van der Waals surface area contributed by atoms with E-state index in [9.17, 15) is 18.0 Å². The van der Waals surface area contributed by atoms with E-state index in [4.69, 9.17) is 4.42 Å². The van der Waals surface area contributed by atoms with Gasteiger partial charge in [0, 0.05) is 36.8 Å². The molecule has 186 valence electrons. The van der Waals surface area contributed by atoms with Crippen molar-refractivity contribution in [1.29, 1.82) is 0 Å². The lowest BCUT2D eigenvalue weighted by atomic mass is 10.1. The fraction of sp³-hybridized carbons (Fsp3) is 0.154. The maximum absolute atomic E-state index is 13.1. The molecule has 2 aromatic heterocycles. The minimum absolute atomic E-state index is 0.0442. The van der Waals surface area contributed by atoms with Crippen molar-refractivity contribution >= 4 is 39.0 Å². The molecule has 2 N–H and O–H groups in total. The fourth-order valence-electron chi connectivity index (χ4n) is 3.55. The molecule has 0 aliphatic carbocycles. The first-order valence-corrected chi connectivity index (χ1v) is 12.5. The molecule has 0 atom stereocenters. The van der Waals surface area contributed by atoms with Crippen LogP contribution in [0.1, 0.15) is 27.2 Å². The van der Waals surface area contributed by atoms with E-state index in [0.717, 1.165) is 13.8 Å². The van der Waals surface area contributed by atoms with Crippen LogP contribution in [-0.4, -0.2) is 42.6 Å². The zero-order valence-corrected chi connectivity index (χ0v) is 20.9. The number of carbonyl (C=O) groups excluding carboxylic acids is 2. The van der Waals surface area contributed by atoms with Crippen LogP contribution < -0.4 is 10.6 Å². The highest BCUT2D eigenvalue weighted by Crippen LogP contribution is 2.25. The summed E-state index contributed by atoms with van der Waals surface area (Å²) in [6.07, 6.45) is 4.39.